The number of carboxylic acid groups (broad SMARTS) is 1. The first-order chi connectivity index (χ1) is 8.62. The van der Waals surface area contributed by atoms with Crippen LogP contribution in [0.3, 0.4) is 0 Å². The quantitative estimate of drug-likeness (QED) is 0.910. The van der Waals surface area contributed by atoms with Crippen LogP contribution in [-0.4, -0.2) is 34.0 Å². The summed E-state index contributed by atoms with van der Waals surface area (Å²) in [6.45, 7) is 4.96. The molecule has 1 N–H and O–H groups in total. The van der Waals surface area contributed by atoms with Gasteiger partial charge in [-0.15, -0.1) is 0 Å². The number of hydrogen-bond acceptors (Lipinski definition) is 2. The van der Waals surface area contributed by atoms with E-state index < -0.39 is 17.4 Å². The zero-order chi connectivity index (χ0) is 14.8. The van der Waals surface area contributed by atoms with Crippen molar-refractivity contribution in [2.45, 2.75) is 26.3 Å². The largest absolute Gasteiger partial charge is 0.480 e. The summed E-state index contributed by atoms with van der Waals surface area (Å²) in [4.78, 5) is 24.6. The molecule has 0 bridgehead atoms. The van der Waals surface area contributed by atoms with E-state index in [1.165, 1.54) is 4.90 Å². The number of aliphatic carboxylic acids is 1. The number of halogens is 2. The Morgan fingerprint density at radius 1 is 1.37 bits per heavy atom. The molecule has 1 rings (SSSR count). The SMILES string of the molecule is CC(C)(C)N(CC(=O)O)C(=O)c1cc(Br)ccc1Cl. The van der Waals surface area contributed by atoms with Crippen molar-refractivity contribution in [3.05, 3.63) is 33.3 Å². The molecular weight excluding hydrogens is 334 g/mol. The van der Waals surface area contributed by atoms with Crippen LogP contribution in [0.4, 0.5) is 0 Å². The van der Waals surface area contributed by atoms with Crippen molar-refractivity contribution in [3.63, 3.8) is 0 Å². The van der Waals surface area contributed by atoms with E-state index in [2.05, 4.69) is 15.9 Å². The zero-order valence-electron chi connectivity index (χ0n) is 10.9. The third kappa shape index (κ3) is 4.21. The normalized spacial score (nSPS) is 11.2. The molecule has 0 heterocycles. The van der Waals surface area contributed by atoms with Gasteiger partial charge in [0, 0.05) is 10.0 Å². The fourth-order valence-electron chi connectivity index (χ4n) is 1.56. The molecule has 1 amide bonds. The monoisotopic (exact) mass is 347 g/mol. The lowest BCUT2D eigenvalue weighted by molar-refractivity contribution is -0.138. The fraction of sp³-hybridized carbons (Fsp3) is 0.385. The maximum atomic E-state index is 12.5. The molecule has 19 heavy (non-hydrogen) atoms. The number of benzene rings is 1. The second kappa shape index (κ2) is 5.92. The minimum Gasteiger partial charge on any atom is -0.480 e. The average Bonchev–Trinajstić information content (AvgIpc) is 2.26. The van der Waals surface area contributed by atoms with Crippen LogP contribution in [0.5, 0.6) is 0 Å². The predicted molar refractivity (Wildman–Crippen MR) is 77.6 cm³/mol. The van der Waals surface area contributed by atoms with Gasteiger partial charge in [0.2, 0.25) is 0 Å². The number of nitrogens with zero attached hydrogens (tertiary/aromatic N) is 1. The molecule has 0 aromatic heterocycles. The molecule has 6 heteroatoms. The molecule has 0 unspecified atom stereocenters. The second-order valence-electron chi connectivity index (χ2n) is 5.08. The van der Waals surface area contributed by atoms with E-state index in [0.29, 0.717) is 9.50 Å². The van der Waals surface area contributed by atoms with Crippen molar-refractivity contribution in [1.29, 1.82) is 0 Å². The number of carbonyl (C=O) groups is 2. The predicted octanol–water partition coefficient (Wildman–Crippen LogP) is 3.43. The summed E-state index contributed by atoms with van der Waals surface area (Å²) in [7, 11) is 0. The maximum Gasteiger partial charge on any atom is 0.323 e. The van der Waals surface area contributed by atoms with Gasteiger partial charge in [-0.1, -0.05) is 27.5 Å². The molecule has 1 aromatic carbocycles. The molecule has 0 saturated heterocycles. The van der Waals surface area contributed by atoms with E-state index in [4.69, 9.17) is 16.7 Å². The minimum atomic E-state index is -1.06. The van der Waals surface area contributed by atoms with Crippen LogP contribution in [0.15, 0.2) is 22.7 Å². The maximum absolute atomic E-state index is 12.5. The van der Waals surface area contributed by atoms with Crippen molar-refractivity contribution in [2.24, 2.45) is 0 Å². The molecule has 0 aliphatic carbocycles. The van der Waals surface area contributed by atoms with Crippen molar-refractivity contribution in [3.8, 4) is 0 Å². The van der Waals surface area contributed by atoms with Crippen molar-refractivity contribution in [1.82, 2.24) is 4.90 Å². The number of carboxylic acids is 1. The Bertz CT molecular complexity index is 511. The van der Waals surface area contributed by atoms with E-state index in [1.807, 2.05) is 0 Å². The standard InChI is InChI=1S/C13H15BrClNO3/c1-13(2,3)16(7-11(17)18)12(19)9-6-8(14)4-5-10(9)15/h4-6H,7H2,1-3H3,(H,17,18). The van der Waals surface area contributed by atoms with Gasteiger partial charge in [-0.05, 0) is 39.0 Å². The van der Waals surface area contributed by atoms with Gasteiger partial charge < -0.3 is 10.0 Å². The molecule has 0 spiro atoms. The number of rotatable bonds is 3. The van der Waals surface area contributed by atoms with E-state index in [1.54, 1.807) is 39.0 Å². The third-order valence-corrected chi connectivity index (χ3v) is 3.33. The van der Waals surface area contributed by atoms with E-state index in [0.717, 1.165) is 0 Å². The van der Waals surface area contributed by atoms with Crippen LogP contribution >= 0.6 is 27.5 Å². The Morgan fingerprint density at radius 3 is 2.42 bits per heavy atom. The average molecular weight is 349 g/mol. The van der Waals surface area contributed by atoms with E-state index >= 15 is 0 Å². The van der Waals surface area contributed by atoms with Gasteiger partial charge in [0.05, 0.1) is 10.6 Å². The lowest BCUT2D eigenvalue weighted by Gasteiger charge is -2.34. The number of carbonyl (C=O) groups excluding carboxylic acids is 1. The Kier molecular flexibility index (Phi) is 4.98. The lowest BCUT2D eigenvalue weighted by Crippen LogP contribution is -2.48. The van der Waals surface area contributed by atoms with Crippen LogP contribution in [0.25, 0.3) is 0 Å². The molecule has 0 atom stereocenters. The van der Waals surface area contributed by atoms with E-state index in [-0.39, 0.29) is 12.1 Å². The molecular formula is C13H15BrClNO3. The first-order valence-corrected chi connectivity index (χ1v) is 6.79. The van der Waals surface area contributed by atoms with Gasteiger partial charge in [0.15, 0.2) is 0 Å². The second-order valence-corrected chi connectivity index (χ2v) is 6.40. The highest BCUT2D eigenvalue weighted by Gasteiger charge is 2.30. The Hall–Kier alpha value is -1.07. The van der Waals surface area contributed by atoms with Gasteiger partial charge in [0.1, 0.15) is 6.54 Å². The molecule has 104 valence electrons. The fourth-order valence-corrected chi connectivity index (χ4v) is 2.12. The molecule has 0 aliphatic heterocycles. The number of amides is 1. The molecule has 4 nitrogen and oxygen atoms in total. The Balaban J connectivity index is 3.19. The summed E-state index contributed by atoms with van der Waals surface area (Å²) in [5.74, 6) is -1.46. The molecule has 0 aliphatic rings. The van der Waals surface area contributed by atoms with Crippen molar-refractivity contribution in [2.75, 3.05) is 6.54 Å². The van der Waals surface area contributed by atoms with Crippen LogP contribution in [0, 0.1) is 0 Å². The molecule has 0 fully saturated rings. The smallest absolute Gasteiger partial charge is 0.323 e. The Morgan fingerprint density at radius 2 is 1.95 bits per heavy atom. The van der Waals surface area contributed by atoms with Gasteiger partial charge in [-0.2, -0.15) is 0 Å². The highest BCUT2D eigenvalue weighted by molar-refractivity contribution is 9.10. The summed E-state index contributed by atoms with van der Waals surface area (Å²) < 4.78 is 0.712. The minimum absolute atomic E-state index is 0.284. The highest BCUT2D eigenvalue weighted by atomic mass is 79.9. The van der Waals surface area contributed by atoms with Crippen LogP contribution in [-0.2, 0) is 4.79 Å². The molecule has 0 radical (unpaired) electrons. The summed E-state index contributed by atoms with van der Waals surface area (Å²) in [5.41, 5.74) is -0.326. The Labute approximate surface area is 125 Å². The number of hydrogen-bond donors (Lipinski definition) is 1. The first-order valence-electron chi connectivity index (χ1n) is 5.61. The van der Waals surface area contributed by atoms with Gasteiger partial charge in [-0.3, -0.25) is 9.59 Å². The van der Waals surface area contributed by atoms with Crippen LogP contribution in [0.1, 0.15) is 31.1 Å². The summed E-state index contributed by atoms with van der Waals surface area (Å²) >= 11 is 9.28. The molecule has 1 aromatic rings. The van der Waals surface area contributed by atoms with Gasteiger partial charge >= 0.3 is 5.97 Å². The van der Waals surface area contributed by atoms with Crippen LogP contribution < -0.4 is 0 Å². The van der Waals surface area contributed by atoms with Gasteiger partial charge in [-0.25, -0.2) is 0 Å². The first kappa shape index (κ1) is 16.0. The highest BCUT2D eigenvalue weighted by Crippen LogP contribution is 2.25. The van der Waals surface area contributed by atoms with Crippen molar-refractivity contribution >= 4 is 39.4 Å². The van der Waals surface area contributed by atoms with Crippen molar-refractivity contribution < 1.29 is 14.7 Å². The van der Waals surface area contributed by atoms with Crippen LogP contribution in [0.2, 0.25) is 5.02 Å². The zero-order valence-corrected chi connectivity index (χ0v) is 13.2. The summed E-state index contributed by atoms with van der Waals surface area (Å²) in [5, 5.41) is 9.23. The van der Waals surface area contributed by atoms with E-state index in [9.17, 15) is 9.59 Å². The lowest BCUT2D eigenvalue weighted by atomic mass is 10.0. The summed E-state index contributed by atoms with van der Waals surface area (Å²) in [6.07, 6.45) is 0. The third-order valence-electron chi connectivity index (χ3n) is 2.51. The topological polar surface area (TPSA) is 57.6 Å². The summed E-state index contributed by atoms with van der Waals surface area (Å²) in [6, 6.07) is 4.91. The molecule has 0 saturated carbocycles. The van der Waals surface area contributed by atoms with Gasteiger partial charge in [0.25, 0.3) is 5.91 Å².